The Morgan fingerprint density at radius 3 is 2.72 bits per heavy atom. The topological polar surface area (TPSA) is 50.7 Å². The van der Waals surface area contributed by atoms with Crippen LogP contribution >= 0.6 is 0 Å². The van der Waals surface area contributed by atoms with Gasteiger partial charge in [-0.1, -0.05) is 6.08 Å². The summed E-state index contributed by atoms with van der Waals surface area (Å²) in [5.74, 6) is 1.50. The molecule has 0 bridgehead atoms. The van der Waals surface area contributed by atoms with Gasteiger partial charge in [-0.3, -0.25) is 4.90 Å². The van der Waals surface area contributed by atoms with E-state index in [0.717, 1.165) is 70.4 Å². The van der Waals surface area contributed by atoms with Crippen LogP contribution in [0.25, 0.3) is 0 Å². The lowest BCUT2D eigenvalue weighted by atomic mass is 10.1. The van der Waals surface area contributed by atoms with E-state index in [1.54, 1.807) is 0 Å². The van der Waals surface area contributed by atoms with E-state index in [9.17, 15) is 0 Å². The molecule has 3 heterocycles. The van der Waals surface area contributed by atoms with Crippen molar-refractivity contribution in [3.63, 3.8) is 0 Å². The van der Waals surface area contributed by atoms with Crippen molar-refractivity contribution in [3.05, 3.63) is 24.4 Å². The number of anilines is 1. The zero-order chi connectivity index (χ0) is 17.5. The predicted octanol–water partition coefficient (Wildman–Crippen LogP) is 2.43. The zero-order valence-electron chi connectivity index (χ0n) is 15.3. The van der Waals surface area contributed by atoms with Crippen LogP contribution in [0.3, 0.4) is 0 Å². The largest absolute Gasteiger partial charge is 0.473 e. The average Bonchev–Trinajstić information content (AvgIpc) is 3.15. The fourth-order valence-corrected chi connectivity index (χ4v) is 3.38. The van der Waals surface area contributed by atoms with Crippen LogP contribution in [-0.2, 0) is 4.74 Å². The fourth-order valence-electron chi connectivity index (χ4n) is 3.38. The van der Waals surface area contributed by atoms with Gasteiger partial charge in [-0.05, 0) is 32.6 Å². The van der Waals surface area contributed by atoms with Crippen molar-refractivity contribution < 1.29 is 9.47 Å². The third-order valence-corrected chi connectivity index (χ3v) is 4.75. The Morgan fingerprint density at radius 2 is 2.00 bits per heavy atom. The number of allylic oxidation sites excluding steroid dienone is 1. The molecule has 0 N–H and O–H groups in total. The van der Waals surface area contributed by atoms with Crippen LogP contribution in [0.2, 0.25) is 0 Å². The van der Waals surface area contributed by atoms with Crippen molar-refractivity contribution in [2.75, 3.05) is 50.8 Å². The molecule has 0 radical (unpaired) electrons. The van der Waals surface area contributed by atoms with Crippen molar-refractivity contribution >= 4 is 5.95 Å². The molecule has 2 aliphatic heterocycles. The standard InChI is InChI=1S/C19H30N4O2/c1-3-4-7-17(15-22-10-12-24-13-11-22)25-18-14-16(2)20-19(21-18)23-8-5-6-9-23/h3,14,17H,1,4-13,15H2,2H3. The number of aryl methyl sites for hydroxylation is 1. The first-order valence-corrected chi connectivity index (χ1v) is 9.43. The summed E-state index contributed by atoms with van der Waals surface area (Å²) in [5, 5.41) is 0. The lowest BCUT2D eigenvalue weighted by Crippen LogP contribution is -2.42. The Balaban J connectivity index is 1.67. The third kappa shape index (κ3) is 5.41. The minimum Gasteiger partial charge on any atom is -0.473 e. The number of hydrogen-bond acceptors (Lipinski definition) is 6. The Bertz CT molecular complexity index is 554. The van der Waals surface area contributed by atoms with Crippen molar-refractivity contribution in [2.24, 2.45) is 0 Å². The van der Waals surface area contributed by atoms with Crippen molar-refractivity contribution in [3.8, 4) is 5.88 Å². The molecule has 0 saturated carbocycles. The fraction of sp³-hybridized carbons (Fsp3) is 0.684. The van der Waals surface area contributed by atoms with Gasteiger partial charge >= 0.3 is 0 Å². The Kier molecular flexibility index (Phi) is 6.64. The molecule has 1 unspecified atom stereocenters. The van der Waals surface area contributed by atoms with E-state index >= 15 is 0 Å². The van der Waals surface area contributed by atoms with E-state index in [1.807, 2.05) is 19.1 Å². The van der Waals surface area contributed by atoms with Gasteiger partial charge in [0.25, 0.3) is 0 Å². The van der Waals surface area contributed by atoms with Gasteiger partial charge in [0.2, 0.25) is 11.8 Å². The van der Waals surface area contributed by atoms with Gasteiger partial charge in [0.15, 0.2) is 0 Å². The number of rotatable bonds is 8. The third-order valence-electron chi connectivity index (χ3n) is 4.75. The molecule has 6 nitrogen and oxygen atoms in total. The molecule has 0 spiro atoms. The second-order valence-corrected chi connectivity index (χ2v) is 6.86. The van der Waals surface area contributed by atoms with Gasteiger partial charge < -0.3 is 14.4 Å². The van der Waals surface area contributed by atoms with E-state index in [4.69, 9.17) is 9.47 Å². The normalized spacial score (nSPS) is 19.8. The number of hydrogen-bond donors (Lipinski definition) is 0. The maximum Gasteiger partial charge on any atom is 0.228 e. The van der Waals surface area contributed by atoms with E-state index < -0.39 is 0 Å². The quantitative estimate of drug-likeness (QED) is 0.674. The van der Waals surface area contributed by atoms with E-state index in [1.165, 1.54) is 12.8 Å². The van der Waals surface area contributed by atoms with E-state index in [0.29, 0.717) is 5.88 Å². The van der Waals surface area contributed by atoms with E-state index in [2.05, 4.69) is 26.3 Å². The predicted molar refractivity (Wildman–Crippen MR) is 99.3 cm³/mol. The molecule has 1 atom stereocenters. The smallest absolute Gasteiger partial charge is 0.228 e. The van der Waals surface area contributed by atoms with Crippen LogP contribution in [0.15, 0.2) is 18.7 Å². The van der Waals surface area contributed by atoms with Crippen molar-refractivity contribution in [1.82, 2.24) is 14.9 Å². The molecule has 6 heteroatoms. The number of ether oxygens (including phenoxy) is 2. The van der Waals surface area contributed by atoms with Crippen molar-refractivity contribution in [2.45, 2.75) is 38.7 Å². The molecular formula is C19H30N4O2. The summed E-state index contributed by atoms with van der Waals surface area (Å²) >= 11 is 0. The van der Waals surface area contributed by atoms with Gasteiger partial charge in [-0.25, -0.2) is 4.98 Å². The lowest BCUT2D eigenvalue weighted by Gasteiger charge is -2.30. The van der Waals surface area contributed by atoms with Crippen LogP contribution in [0.4, 0.5) is 5.95 Å². The summed E-state index contributed by atoms with van der Waals surface area (Å²) < 4.78 is 11.7. The van der Waals surface area contributed by atoms with Gasteiger partial charge in [0.1, 0.15) is 6.10 Å². The molecule has 138 valence electrons. The summed E-state index contributed by atoms with van der Waals surface area (Å²) in [4.78, 5) is 13.9. The van der Waals surface area contributed by atoms with Crippen LogP contribution in [0, 0.1) is 6.92 Å². The SMILES string of the molecule is C=CCCC(CN1CCOCC1)Oc1cc(C)nc(N2CCCC2)n1. The summed E-state index contributed by atoms with van der Waals surface area (Å²) in [6.07, 6.45) is 6.38. The highest BCUT2D eigenvalue weighted by atomic mass is 16.5. The summed E-state index contributed by atoms with van der Waals surface area (Å²) in [6, 6.07) is 1.94. The summed E-state index contributed by atoms with van der Waals surface area (Å²) in [7, 11) is 0. The number of morpholine rings is 1. The highest BCUT2D eigenvalue weighted by Crippen LogP contribution is 2.21. The summed E-state index contributed by atoms with van der Waals surface area (Å²) in [5.41, 5.74) is 0.959. The van der Waals surface area contributed by atoms with Gasteiger partial charge in [0, 0.05) is 44.5 Å². The first kappa shape index (κ1) is 18.1. The Hall–Kier alpha value is -1.66. The monoisotopic (exact) mass is 346 g/mol. The highest BCUT2D eigenvalue weighted by molar-refractivity contribution is 5.35. The lowest BCUT2D eigenvalue weighted by molar-refractivity contribution is 0.0174. The number of aromatic nitrogens is 2. The Morgan fingerprint density at radius 1 is 1.24 bits per heavy atom. The van der Waals surface area contributed by atoms with Gasteiger partial charge in [-0.15, -0.1) is 6.58 Å². The molecule has 2 saturated heterocycles. The van der Waals surface area contributed by atoms with Crippen LogP contribution in [-0.4, -0.2) is 66.9 Å². The van der Waals surface area contributed by atoms with Crippen LogP contribution in [0.5, 0.6) is 5.88 Å². The van der Waals surface area contributed by atoms with Gasteiger partial charge in [-0.2, -0.15) is 4.98 Å². The molecule has 0 aliphatic carbocycles. The molecule has 2 fully saturated rings. The first-order valence-electron chi connectivity index (χ1n) is 9.43. The van der Waals surface area contributed by atoms with Crippen LogP contribution in [0.1, 0.15) is 31.4 Å². The molecule has 2 aliphatic rings. The second kappa shape index (κ2) is 9.15. The highest BCUT2D eigenvalue weighted by Gasteiger charge is 2.20. The summed E-state index contributed by atoms with van der Waals surface area (Å²) in [6.45, 7) is 12.4. The minimum absolute atomic E-state index is 0.108. The molecule has 0 aromatic carbocycles. The molecule has 25 heavy (non-hydrogen) atoms. The molecule has 1 aromatic rings. The second-order valence-electron chi connectivity index (χ2n) is 6.86. The average molecular weight is 346 g/mol. The molecule has 0 amide bonds. The maximum absolute atomic E-state index is 6.29. The molecular weight excluding hydrogens is 316 g/mol. The van der Waals surface area contributed by atoms with Gasteiger partial charge in [0.05, 0.1) is 13.2 Å². The minimum atomic E-state index is 0.108. The molecule has 3 rings (SSSR count). The van der Waals surface area contributed by atoms with E-state index in [-0.39, 0.29) is 6.10 Å². The Labute approximate surface area is 150 Å². The number of nitrogens with zero attached hydrogens (tertiary/aromatic N) is 4. The maximum atomic E-state index is 6.29. The van der Waals surface area contributed by atoms with Crippen molar-refractivity contribution in [1.29, 1.82) is 0 Å². The van der Waals surface area contributed by atoms with Crippen LogP contribution < -0.4 is 9.64 Å². The first-order chi connectivity index (χ1) is 12.2. The molecule has 1 aromatic heterocycles. The zero-order valence-corrected chi connectivity index (χ0v) is 15.3.